The Balaban J connectivity index is 1.37. The minimum Gasteiger partial charge on any atom is -0.497 e. The van der Waals surface area contributed by atoms with Crippen molar-refractivity contribution in [2.24, 2.45) is 0 Å². The van der Waals surface area contributed by atoms with Crippen LogP contribution in [0.4, 0.5) is 5.82 Å². The fraction of sp³-hybridized carbons (Fsp3) is 0.227. The molecule has 5 rings (SSSR count). The van der Waals surface area contributed by atoms with Crippen molar-refractivity contribution in [2.75, 3.05) is 38.2 Å². The monoisotopic (exact) mass is 404 g/mol. The van der Waals surface area contributed by atoms with E-state index in [0.717, 1.165) is 34.9 Å². The summed E-state index contributed by atoms with van der Waals surface area (Å²) in [6, 6.07) is 15.6. The molecule has 0 bridgehead atoms. The molecule has 1 aliphatic rings. The van der Waals surface area contributed by atoms with Gasteiger partial charge in [0.2, 0.25) is 0 Å². The second-order valence-electron chi connectivity index (χ2n) is 6.98. The topological polar surface area (TPSA) is 58.6 Å². The number of piperazine rings is 1. The van der Waals surface area contributed by atoms with E-state index < -0.39 is 0 Å². The van der Waals surface area contributed by atoms with Gasteiger partial charge in [-0.3, -0.25) is 4.79 Å². The highest BCUT2D eigenvalue weighted by atomic mass is 32.1. The molecule has 0 N–H and O–H groups in total. The van der Waals surface area contributed by atoms with Crippen molar-refractivity contribution >= 4 is 43.4 Å². The van der Waals surface area contributed by atoms with Crippen LogP contribution in [-0.4, -0.2) is 54.1 Å². The van der Waals surface area contributed by atoms with Gasteiger partial charge in [-0.1, -0.05) is 18.2 Å². The predicted octanol–water partition coefficient (Wildman–Crippen LogP) is 3.82. The van der Waals surface area contributed by atoms with Crippen molar-refractivity contribution in [2.45, 2.75) is 0 Å². The largest absolute Gasteiger partial charge is 0.497 e. The van der Waals surface area contributed by atoms with Crippen molar-refractivity contribution < 1.29 is 9.53 Å². The van der Waals surface area contributed by atoms with Crippen molar-refractivity contribution in [1.29, 1.82) is 0 Å². The Labute approximate surface area is 172 Å². The number of methoxy groups -OCH3 is 1. The SMILES string of the molecule is COc1ccc(C(=O)N2CCN(c3ncnc4sc5ccccc5c34)CC2)cc1. The fourth-order valence-corrected chi connectivity index (χ4v) is 4.86. The minimum atomic E-state index is 0.0566. The maximum Gasteiger partial charge on any atom is 0.253 e. The maximum atomic E-state index is 12.8. The van der Waals surface area contributed by atoms with E-state index in [1.807, 2.05) is 35.2 Å². The molecule has 4 aromatic rings. The molecular formula is C22H20N4O2S. The Morgan fingerprint density at radius 1 is 1.00 bits per heavy atom. The van der Waals surface area contributed by atoms with E-state index in [0.29, 0.717) is 18.7 Å². The lowest BCUT2D eigenvalue weighted by molar-refractivity contribution is 0.0746. The van der Waals surface area contributed by atoms with Crippen LogP contribution in [0, 0.1) is 0 Å². The summed E-state index contributed by atoms with van der Waals surface area (Å²) in [4.78, 5) is 27.1. The Morgan fingerprint density at radius 2 is 1.76 bits per heavy atom. The highest BCUT2D eigenvalue weighted by Crippen LogP contribution is 2.37. The standard InChI is InChI=1S/C22H20N4O2S/c1-28-16-8-6-15(7-9-16)22(27)26-12-10-25(11-13-26)20-19-17-4-2-3-5-18(17)29-21(19)24-14-23-20/h2-9,14H,10-13H2,1H3. The quantitative estimate of drug-likeness (QED) is 0.520. The average Bonchev–Trinajstić information content (AvgIpc) is 3.18. The number of hydrogen-bond acceptors (Lipinski definition) is 6. The summed E-state index contributed by atoms with van der Waals surface area (Å²) < 4.78 is 6.39. The highest BCUT2D eigenvalue weighted by molar-refractivity contribution is 7.25. The smallest absolute Gasteiger partial charge is 0.253 e. The van der Waals surface area contributed by atoms with Crippen LogP contribution in [0.15, 0.2) is 54.9 Å². The number of nitrogens with zero attached hydrogens (tertiary/aromatic N) is 4. The van der Waals surface area contributed by atoms with Crippen molar-refractivity contribution in [3.63, 3.8) is 0 Å². The molecule has 0 spiro atoms. The highest BCUT2D eigenvalue weighted by Gasteiger charge is 2.25. The van der Waals surface area contributed by atoms with Crippen molar-refractivity contribution in [3.05, 3.63) is 60.4 Å². The number of aromatic nitrogens is 2. The number of anilines is 1. The summed E-state index contributed by atoms with van der Waals surface area (Å²) in [5, 5.41) is 2.31. The average molecular weight is 404 g/mol. The van der Waals surface area contributed by atoms with Crippen LogP contribution in [0.1, 0.15) is 10.4 Å². The number of amides is 1. The van der Waals surface area contributed by atoms with Gasteiger partial charge in [0.15, 0.2) is 0 Å². The van der Waals surface area contributed by atoms with Gasteiger partial charge in [-0.05, 0) is 30.3 Å². The molecule has 0 unspecified atom stereocenters. The van der Waals surface area contributed by atoms with E-state index in [9.17, 15) is 4.79 Å². The molecule has 3 heterocycles. The van der Waals surface area contributed by atoms with E-state index in [1.54, 1.807) is 24.8 Å². The molecule has 29 heavy (non-hydrogen) atoms. The predicted molar refractivity (Wildman–Crippen MR) is 116 cm³/mol. The number of fused-ring (bicyclic) bond motifs is 3. The summed E-state index contributed by atoms with van der Waals surface area (Å²) >= 11 is 1.69. The second-order valence-corrected chi connectivity index (χ2v) is 8.01. The second kappa shape index (κ2) is 7.33. The summed E-state index contributed by atoms with van der Waals surface area (Å²) in [7, 11) is 1.62. The molecule has 6 nitrogen and oxygen atoms in total. The zero-order chi connectivity index (χ0) is 19.8. The van der Waals surface area contributed by atoms with Gasteiger partial charge in [-0.25, -0.2) is 9.97 Å². The number of rotatable bonds is 3. The molecule has 1 fully saturated rings. The molecule has 1 saturated heterocycles. The lowest BCUT2D eigenvalue weighted by atomic mass is 10.1. The molecular weight excluding hydrogens is 384 g/mol. The summed E-state index contributed by atoms with van der Waals surface area (Å²) in [6.45, 7) is 2.83. The van der Waals surface area contributed by atoms with Gasteiger partial charge >= 0.3 is 0 Å². The maximum absolute atomic E-state index is 12.8. The summed E-state index contributed by atoms with van der Waals surface area (Å²) in [5.74, 6) is 1.77. The molecule has 1 amide bonds. The molecule has 2 aromatic heterocycles. The Kier molecular flexibility index (Phi) is 4.52. The number of carbonyl (C=O) groups is 1. The molecule has 0 saturated carbocycles. The van der Waals surface area contributed by atoms with Gasteiger partial charge in [0, 0.05) is 41.8 Å². The molecule has 0 radical (unpaired) electrons. The number of ether oxygens (including phenoxy) is 1. The third-order valence-corrected chi connectivity index (χ3v) is 6.44. The van der Waals surface area contributed by atoms with Gasteiger partial charge in [0.25, 0.3) is 5.91 Å². The fourth-order valence-electron chi connectivity index (χ4n) is 3.82. The van der Waals surface area contributed by atoms with Crippen LogP contribution in [0.2, 0.25) is 0 Å². The number of benzene rings is 2. The lowest BCUT2D eigenvalue weighted by Crippen LogP contribution is -2.49. The van der Waals surface area contributed by atoms with Crippen LogP contribution in [-0.2, 0) is 0 Å². The van der Waals surface area contributed by atoms with Crippen LogP contribution in [0.25, 0.3) is 20.3 Å². The van der Waals surface area contributed by atoms with Crippen molar-refractivity contribution in [1.82, 2.24) is 14.9 Å². The van der Waals surface area contributed by atoms with Gasteiger partial charge in [-0.15, -0.1) is 11.3 Å². The van der Waals surface area contributed by atoms with Crippen molar-refractivity contribution in [3.8, 4) is 5.75 Å². The first kappa shape index (κ1) is 17.9. The van der Waals surface area contributed by atoms with Crippen LogP contribution >= 0.6 is 11.3 Å². The van der Waals surface area contributed by atoms with Crippen LogP contribution < -0.4 is 9.64 Å². The molecule has 2 aromatic carbocycles. The van der Waals surface area contributed by atoms with Gasteiger partial charge in [0.05, 0.1) is 12.5 Å². The van der Waals surface area contributed by atoms with E-state index in [2.05, 4.69) is 33.1 Å². The lowest BCUT2D eigenvalue weighted by Gasteiger charge is -2.35. The van der Waals surface area contributed by atoms with Gasteiger partial charge in [0.1, 0.15) is 22.7 Å². The number of hydrogen-bond donors (Lipinski definition) is 0. The summed E-state index contributed by atoms with van der Waals surface area (Å²) in [5.41, 5.74) is 0.688. The number of carbonyl (C=O) groups excluding carboxylic acids is 1. The molecule has 146 valence electrons. The number of thiophene rings is 1. The van der Waals surface area contributed by atoms with E-state index in [1.165, 1.54) is 10.1 Å². The Bertz CT molecular complexity index is 1180. The normalized spacial score (nSPS) is 14.5. The molecule has 1 aliphatic heterocycles. The van der Waals surface area contributed by atoms with E-state index in [4.69, 9.17) is 4.74 Å². The van der Waals surface area contributed by atoms with Crippen LogP contribution in [0.5, 0.6) is 5.75 Å². The van der Waals surface area contributed by atoms with Crippen LogP contribution in [0.3, 0.4) is 0 Å². The first-order chi connectivity index (χ1) is 14.2. The Morgan fingerprint density at radius 3 is 2.52 bits per heavy atom. The van der Waals surface area contributed by atoms with Gasteiger partial charge in [-0.2, -0.15) is 0 Å². The minimum absolute atomic E-state index is 0.0566. The first-order valence-corrected chi connectivity index (χ1v) is 10.4. The Hall–Kier alpha value is -3.19. The van der Waals surface area contributed by atoms with Gasteiger partial charge < -0.3 is 14.5 Å². The zero-order valence-corrected chi connectivity index (χ0v) is 16.9. The van der Waals surface area contributed by atoms with E-state index in [-0.39, 0.29) is 5.91 Å². The third kappa shape index (κ3) is 3.17. The third-order valence-electron chi connectivity index (χ3n) is 5.36. The van der Waals surface area contributed by atoms with E-state index >= 15 is 0 Å². The molecule has 0 atom stereocenters. The zero-order valence-electron chi connectivity index (χ0n) is 16.0. The molecule has 7 heteroatoms. The summed E-state index contributed by atoms with van der Waals surface area (Å²) in [6.07, 6.45) is 1.64. The molecule has 0 aliphatic carbocycles. The first-order valence-electron chi connectivity index (χ1n) is 9.55.